The monoisotopic (exact) mass is 703 g/mol. The molecule has 1 heterocycles. The number of imide groups is 1. The van der Waals surface area contributed by atoms with Gasteiger partial charge in [-0.05, 0) is 36.6 Å². The molecule has 1 saturated heterocycles. The van der Waals surface area contributed by atoms with Crippen LogP contribution in [0.15, 0.2) is 35.7 Å². The molecule has 0 aliphatic carbocycles. The highest BCUT2D eigenvalue weighted by Crippen LogP contribution is 2.35. The van der Waals surface area contributed by atoms with Gasteiger partial charge in [0, 0.05) is 56.2 Å². The second-order valence-electron chi connectivity index (χ2n) is 10.8. The van der Waals surface area contributed by atoms with Gasteiger partial charge in [-0.3, -0.25) is 28.8 Å². The molecule has 4 amide bonds. The van der Waals surface area contributed by atoms with Gasteiger partial charge in [-0.25, -0.2) is 8.42 Å². The molecule has 0 bridgehead atoms. The molecule has 1 aliphatic rings. The van der Waals surface area contributed by atoms with E-state index in [4.69, 9.17) is 23.8 Å². The van der Waals surface area contributed by atoms with E-state index in [1.54, 1.807) is 24.3 Å². The lowest BCUT2D eigenvalue weighted by molar-refractivity contribution is -0.188. The lowest BCUT2D eigenvalue weighted by Crippen LogP contribution is -2.31. The maximum Gasteiger partial charge on any atom is 0.254 e. The van der Waals surface area contributed by atoms with Crippen molar-refractivity contribution >= 4 is 51.0 Å². The van der Waals surface area contributed by atoms with Crippen LogP contribution in [-0.2, 0) is 44.4 Å². The Balaban J connectivity index is 1.45. The summed E-state index contributed by atoms with van der Waals surface area (Å²) in [7, 11) is 2.03. The highest BCUT2D eigenvalue weighted by atomic mass is 32.2. The standard InChI is InChI=1S/C33H41N3O12S/c1-44-24-18-28(46-3)25(29(19-24)47-4)14-16-49(42,43)21-22-10-11-27(45-2)26(17-22)35-31(39)9-6-15-34-30(38)8-5-7-23(37)20-48-36-32(40)12-13-33(36)41/h10-11,14,16-19H,5-9,12-13,15,20-21H2,1-4H3,(H,34,38)(H,35,39)/b16-14+. The molecular formula is C33H41N3O12S. The zero-order chi connectivity index (χ0) is 36.0. The molecule has 2 aromatic carbocycles. The number of ether oxygens (including phenoxy) is 4. The molecular weight excluding hydrogens is 662 g/mol. The van der Waals surface area contributed by atoms with Crippen LogP contribution < -0.4 is 29.6 Å². The van der Waals surface area contributed by atoms with Gasteiger partial charge in [-0.15, -0.1) is 0 Å². The highest BCUT2D eigenvalue weighted by molar-refractivity contribution is 7.93. The molecule has 2 N–H and O–H groups in total. The number of rotatable bonds is 20. The molecule has 16 heteroatoms. The molecule has 2 aromatic rings. The molecule has 0 atom stereocenters. The van der Waals surface area contributed by atoms with Crippen LogP contribution in [0, 0.1) is 0 Å². The first-order valence-electron chi connectivity index (χ1n) is 15.3. The van der Waals surface area contributed by atoms with Gasteiger partial charge in [0.1, 0.15) is 29.6 Å². The van der Waals surface area contributed by atoms with Crippen molar-refractivity contribution in [2.75, 3.05) is 46.9 Å². The molecule has 1 aliphatic heterocycles. The number of carbonyl (C=O) groups is 5. The van der Waals surface area contributed by atoms with Crippen molar-refractivity contribution in [2.45, 2.75) is 50.7 Å². The van der Waals surface area contributed by atoms with E-state index in [0.717, 1.165) is 5.41 Å². The van der Waals surface area contributed by atoms with Crippen LogP contribution in [-0.4, -0.2) is 84.5 Å². The average molecular weight is 704 g/mol. The van der Waals surface area contributed by atoms with Crippen molar-refractivity contribution in [1.82, 2.24) is 10.4 Å². The maximum absolute atomic E-state index is 13.0. The van der Waals surface area contributed by atoms with Gasteiger partial charge in [0.15, 0.2) is 15.6 Å². The van der Waals surface area contributed by atoms with E-state index < -0.39 is 28.3 Å². The number of amides is 4. The van der Waals surface area contributed by atoms with Crippen molar-refractivity contribution in [3.05, 3.63) is 46.9 Å². The number of ketones is 1. The van der Waals surface area contributed by atoms with Gasteiger partial charge in [-0.2, -0.15) is 5.06 Å². The molecule has 0 spiro atoms. The first-order chi connectivity index (χ1) is 23.4. The predicted octanol–water partition coefficient (Wildman–Crippen LogP) is 2.96. The summed E-state index contributed by atoms with van der Waals surface area (Å²) in [5.41, 5.74) is 1.12. The van der Waals surface area contributed by atoms with E-state index in [-0.39, 0.29) is 68.4 Å². The van der Waals surface area contributed by atoms with Gasteiger partial charge < -0.3 is 29.6 Å². The fourth-order valence-electron chi connectivity index (χ4n) is 4.72. The van der Waals surface area contributed by atoms with Crippen molar-refractivity contribution in [1.29, 1.82) is 0 Å². The van der Waals surface area contributed by atoms with Crippen LogP contribution in [0.3, 0.4) is 0 Å². The minimum atomic E-state index is -3.78. The van der Waals surface area contributed by atoms with Gasteiger partial charge in [0.2, 0.25) is 11.8 Å². The molecule has 49 heavy (non-hydrogen) atoms. The summed E-state index contributed by atoms with van der Waals surface area (Å²) >= 11 is 0. The number of nitrogens with zero attached hydrogens (tertiary/aromatic N) is 1. The third kappa shape index (κ3) is 11.9. The Labute approximate surface area is 284 Å². The van der Waals surface area contributed by atoms with E-state index in [1.807, 2.05) is 0 Å². The fourth-order valence-corrected chi connectivity index (χ4v) is 5.81. The Kier molecular flexibility index (Phi) is 14.6. The summed E-state index contributed by atoms with van der Waals surface area (Å²) in [6.45, 7) is -0.210. The molecule has 0 radical (unpaired) electrons. The van der Waals surface area contributed by atoms with Crippen LogP contribution in [0.25, 0.3) is 6.08 Å². The molecule has 0 unspecified atom stereocenters. The van der Waals surface area contributed by atoms with Crippen molar-refractivity contribution in [2.24, 2.45) is 0 Å². The summed E-state index contributed by atoms with van der Waals surface area (Å²) in [4.78, 5) is 64.7. The molecule has 0 saturated carbocycles. The smallest absolute Gasteiger partial charge is 0.254 e. The van der Waals surface area contributed by atoms with E-state index in [1.165, 1.54) is 40.6 Å². The van der Waals surface area contributed by atoms with E-state index in [9.17, 15) is 32.4 Å². The van der Waals surface area contributed by atoms with E-state index >= 15 is 0 Å². The lowest BCUT2D eigenvalue weighted by Gasteiger charge is -2.13. The summed E-state index contributed by atoms with van der Waals surface area (Å²) < 4.78 is 47.3. The number of nitrogens with one attached hydrogen (secondary N) is 2. The first-order valence-corrected chi connectivity index (χ1v) is 17.1. The Morgan fingerprint density at radius 2 is 1.45 bits per heavy atom. The number of anilines is 1. The number of hydrogen-bond donors (Lipinski definition) is 2. The summed E-state index contributed by atoms with van der Waals surface area (Å²) in [6, 6.07) is 7.88. The fraction of sp³-hybridized carbons (Fsp3) is 0.424. The van der Waals surface area contributed by atoms with Gasteiger partial charge in [0.05, 0.1) is 45.4 Å². The number of sulfone groups is 1. The minimum absolute atomic E-state index is 0.0384. The summed E-state index contributed by atoms with van der Waals surface area (Å²) in [5, 5.41) is 7.09. The first kappa shape index (κ1) is 38.5. The average Bonchev–Trinajstić information content (AvgIpc) is 3.40. The van der Waals surface area contributed by atoms with Crippen LogP contribution in [0.5, 0.6) is 23.0 Å². The third-order valence-electron chi connectivity index (χ3n) is 7.22. The van der Waals surface area contributed by atoms with E-state index in [2.05, 4.69) is 10.6 Å². The lowest BCUT2D eigenvalue weighted by atomic mass is 10.1. The van der Waals surface area contributed by atoms with Gasteiger partial charge in [-0.1, -0.05) is 6.07 Å². The number of carbonyl (C=O) groups excluding carboxylic acids is 5. The van der Waals surface area contributed by atoms with Crippen molar-refractivity contribution in [3.63, 3.8) is 0 Å². The summed E-state index contributed by atoms with van der Waals surface area (Å²) in [6.07, 6.45) is 2.24. The van der Waals surface area contributed by atoms with Crippen LogP contribution >= 0.6 is 0 Å². The quantitative estimate of drug-likeness (QED) is 0.152. The van der Waals surface area contributed by atoms with Gasteiger partial charge >= 0.3 is 0 Å². The number of methoxy groups -OCH3 is 4. The number of benzene rings is 2. The Morgan fingerprint density at radius 1 is 0.816 bits per heavy atom. The Hall–Kier alpha value is -4.96. The van der Waals surface area contributed by atoms with Crippen LogP contribution in [0.4, 0.5) is 5.69 Å². The minimum Gasteiger partial charge on any atom is -0.496 e. The Bertz CT molecular complexity index is 1630. The molecule has 3 rings (SSSR count). The second-order valence-corrected chi connectivity index (χ2v) is 12.7. The topological polar surface area (TPSA) is 193 Å². The number of Topliss-reactive ketones (excluding diaryl/α,β-unsaturated/α-hetero) is 1. The predicted molar refractivity (Wildman–Crippen MR) is 178 cm³/mol. The van der Waals surface area contributed by atoms with Crippen molar-refractivity contribution < 1.29 is 56.2 Å². The number of hydrogen-bond acceptors (Lipinski definition) is 12. The molecule has 1 fully saturated rings. The third-order valence-corrected chi connectivity index (χ3v) is 8.51. The molecule has 0 aromatic heterocycles. The largest absolute Gasteiger partial charge is 0.496 e. The van der Waals surface area contributed by atoms with Crippen LogP contribution in [0.1, 0.15) is 56.1 Å². The summed E-state index contributed by atoms with van der Waals surface area (Å²) in [5.74, 6) is -0.796. The zero-order valence-corrected chi connectivity index (χ0v) is 28.7. The van der Waals surface area contributed by atoms with Crippen LogP contribution in [0.2, 0.25) is 0 Å². The zero-order valence-electron chi connectivity index (χ0n) is 27.9. The second kappa shape index (κ2) is 18.5. The van der Waals surface area contributed by atoms with E-state index in [0.29, 0.717) is 51.3 Å². The van der Waals surface area contributed by atoms with Gasteiger partial charge in [0.25, 0.3) is 11.8 Å². The highest BCUT2D eigenvalue weighted by Gasteiger charge is 2.30. The maximum atomic E-state index is 13.0. The molecule has 15 nitrogen and oxygen atoms in total. The van der Waals surface area contributed by atoms with Crippen molar-refractivity contribution in [3.8, 4) is 23.0 Å². The number of hydroxylamine groups is 2. The molecule has 266 valence electrons. The SMILES string of the molecule is COc1cc(OC)c(/C=C/S(=O)(=O)Cc2ccc(OC)c(NC(=O)CCCNC(=O)CCCC(=O)CON3C(=O)CCC3=O)c2)c(OC)c1. The normalized spacial score (nSPS) is 13.0. The Morgan fingerprint density at radius 3 is 2.06 bits per heavy atom.